The molecule has 116 valence electrons. The molecule has 0 radical (unpaired) electrons. The van der Waals surface area contributed by atoms with Crippen molar-refractivity contribution in [3.05, 3.63) is 41.9 Å². The molecule has 0 aromatic carbocycles. The van der Waals surface area contributed by atoms with Crippen LogP contribution in [0.3, 0.4) is 0 Å². The standard InChI is InChI=1S/C16H22N6/c1-12-21-15(13-3-2-5-17-10-13)9-16(22-12)20-6-4-14-11-18-7-8-19-14/h7-9,11,13,17H,2-6,10H2,1H3,(H,20,21,22). The Morgan fingerprint density at radius 1 is 1.32 bits per heavy atom. The first-order valence-corrected chi connectivity index (χ1v) is 7.86. The highest BCUT2D eigenvalue weighted by atomic mass is 15.0. The number of aromatic nitrogens is 4. The molecular formula is C16H22N6. The number of hydrogen-bond donors (Lipinski definition) is 2. The van der Waals surface area contributed by atoms with Gasteiger partial charge in [-0.25, -0.2) is 9.97 Å². The largest absolute Gasteiger partial charge is 0.370 e. The lowest BCUT2D eigenvalue weighted by Gasteiger charge is -2.22. The number of nitrogens with one attached hydrogen (secondary N) is 2. The van der Waals surface area contributed by atoms with Crippen molar-refractivity contribution in [1.29, 1.82) is 0 Å². The van der Waals surface area contributed by atoms with Crippen molar-refractivity contribution in [2.24, 2.45) is 0 Å². The molecule has 6 heteroatoms. The quantitative estimate of drug-likeness (QED) is 0.875. The summed E-state index contributed by atoms with van der Waals surface area (Å²) in [6.45, 7) is 4.87. The van der Waals surface area contributed by atoms with Crippen LogP contribution >= 0.6 is 0 Å². The molecule has 6 nitrogen and oxygen atoms in total. The second-order valence-electron chi connectivity index (χ2n) is 5.64. The molecular weight excluding hydrogens is 276 g/mol. The molecule has 0 aliphatic carbocycles. The first kappa shape index (κ1) is 14.8. The minimum atomic E-state index is 0.496. The average Bonchev–Trinajstić information content (AvgIpc) is 2.56. The van der Waals surface area contributed by atoms with Gasteiger partial charge in [-0.05, 0) is 26.3 Å². The number of anilines is 1. The summed E-state index contributed by atoms with van der Waals surface area (Å²) in [5, 5.41) is 6.82. The lowest BCUT2D eigenvalue weighted by atomic mass is 9.96. The monoisotopic (exact) mass is 298 g/mol. The van der Waals surface area contributed by atoms with Gasteiger partial charge < -0.3 is 10.6 Å². The summed E-state index contributed by atoms with van der Waals surface area (Å²) in [5.41, 5.74) is 2.12. The molecule has 2 aromatic rings. The Hall–Kier alpha value is -2.08. The molecule has 3 rings (SSSR count). The highest BCUT2D eigenvalue weighted by Gasteiger charge is 2.17. The van der Waals surface area contributed by atoms with Gasteiger partial charge in [0.2, 0.25) is 0 Å². The van der Waals surface area contributed by atoms with Crippen molar-refractivity contribution in [3.8, 4) is 0 Å². The third-order valence-electron chi connectivity index (χ3n) is 3.88. The molecule has 1 fully saturated rings. The minimum absolute atomic E-state index is 0.496. The molecule has 0 saturated carbocycles. The van der Waals surface area contributed by atoms with E-state index in [9.17, 15) is 0 Å². The molecule has 1 saturated heterocycles. The number of nitrogens with zero attached hydrogens (tertiary/aromatic N) is 4. The zero-order chi connectivity index (χ0) is 15.2. The molecule has 1 aliphatic rings. The van der Waals surface area contributed by atoms with Crippen LogP contribution in [0.1, 0.15) is 36.0 Å². The predicted octanol–water partition coefficient (Wildman–Crippen LogP) is 1.70. The first-order valence-electron chi connectivity index (χ1n) is 7.86. The predicted molar refractivity (Wildman–Crippen MR) is 85.8 cm³/mol. The number of hydrogen-bond acceptors (Lipinski definition) is 6. The molecule has 2 N–H and O–H groups in total. The Morgan fingerprint density at radius 3 is 3.05 bits per heavy atom. The molecule has 2 aromatic heterocycles. The van der Waals surface area contributed by atoms with Crippen molar-refractivity contribution in [3.63, 3.8) is 0 Å². The Bertz CT molecular complexity index is 595. The second kappa shape index (κ2) is 7.26. The normalized spacial score (nSPS) is 18.1. The van der Waals surface area contributed by atoms with Gasteiger partial charge in [-0.15, -0.1) is 0 Å². The van der Waals surface area contributed by atoms with Crippen LogP contribution in [0.25, 0.3) is 0 Å². The maximum Gasteiger partial charge on any atom is 0.129 e. The molecule has 22 heavy (non-hydrogen) atoms. The summed E-state index contributed by atoms with van der Waals surface area (Å²) < 4.78 is 0. The lowest BCUT2D eigenvalue weighted by molar-refractivity contribution is 0.453. The van der Waals surface area contributed by atoms with E-state index < -0.39 is 0 Å². The van der Waals surface area contributed by atoms with Gasteiger partial charge in [0.15, 0.2) is 0 Å². The topological polar surface area (TPSA) is 75.6 Å². The molecule has 3 heterocycles. The summed E-state index contributed by atoms with van der Waals surface area (Å²) in [6, 6.07) is 2.08. The van der Waals surface area contributed by atoms with Gasteiger partial charge in [0.25, 0.3) is 0 Å². The van der Waals surface area contributed by atoms with Crippen LogP contribution < -0.4 is 10.6 Å². The lowest BCUT2D eigenvalue weighted by Crippen LogP contribution is -2.29. The van der Waals surface area contributed by atoms with Gasteiger partial charge in [0.05, 0.1) is 11.4 Å². The smallest absolute Gasteiger partial charge is 0.129 e. The van der Waals surface area contributed by atoms with Crippen molar-refractivity contribution < 1.29 is 0 Å². The van der Waals surface area contributed by atoms with Gasteiger partial charge in [-0.2, -0.15) is 0 Å². The third kappa shape index (κ3) is 3.98. The fourth-order valence-electron chi connectivity index (χ4n) is 2.77. The average molecular weight is 298 g/mol. The van der Waals surface area contributed by atoms with E-state index in [4.69, 9.17) is 0 Å². The summed E-state index contributed by atoms with van der Waals surface area (Å²) >= 11 is 0. The van der Waals surface area contributed by atoms with Gasteiger partial charge in [0, 0.05) is 50.1 Å². The highest BCUT2D eigenvalue weighted by molar-refractivity contribution is 5.37. The van der Waals surface area contributed by atoms with Crippen molar-refractivity contribution in [1.82, 2.24) is 25.3 Å². The maximum absolute atomic E-state index is 4.61. The molecule has 0 amide bonds. The first-order chi connectivity index (χ1) is 10.8. The van der Waals surface area contributed by atoms with E-state index in [1.807, 2.05) is 6.92 Å². The minimum Gasteiger partial charge on any atom is -0.370 e. The number of rotatable bonds is 5. The van der Waals surface area contributed by atoms with Crippen molar-refractivity contribution >= 4 is 5.82 Å². The summed E-state index contributed by atoms with van der Waals surface area (Å²) in [4.78, 5) is 17.4. The van der Waals surface area contributed by atoms with E-state index in [2.05, 4.69) is 36.6 Å². The molecule has 1 atom stereocenters. The van der Waals surface area contributed by atoms with Crippen LogP contribution in [-0.4, -0.2) is 39.6 Å². The maximum atomic E-state index is 4.61. The Kier molecular flexibility index (Phi) is 4.90. The van der Waals surface area contributed by atoms with E-state index >= 15 is 0 Å². The van der Waals surface area contributed by atoms with Crippen LogP contribution in [0.4, 0.5) is 5.82 Å². The van der Waals surface area contributed by atoms with Crippen LogP contribution in [0.15, 0.2) is 24.7 Å². The van der Waals surface area contributed by atoms with Crippen molar-refractivity contribution in [2.75, 3.05) is 25.0 Å². The Morgan fingerprint density at radius 2 is 2.27 bits per heavy atom. The summed E-state index contributed by atoms with van der Waals surface area (Å²) in [7, 11) is 0. The summed E-state index contributed by atoms with van der Waals surface area (Å²) in [6.07, 6.45) is 8.45. The third-order valence-corrected chi connectivity index (χ3v) is 3.88. The van der Waals surface area contributed by atoms with E-state index in [1.54, 1.807) is 18.6 Å². The molecule has 1 aliphatic heterocycles. The van der Waals surface area contributed by atoms with E-state index in [1.165, 1.54) is 12.8 Å². The van der Waals surface area contributed by atoms with Crippen LogP contribution in [-0.2, 0) is 6.42 Å². The summed E-state index contributed by atoms with van der Waals surface area (Å²) in [5.74, 6) is 2.22. The number of aryl methyl sites for hydroxylation is 1. The number of piperidine rings is 1. The Balaban J connectivity index is 1.62. The fraction of sp³-hybridized carbons (Fsp3) is 0.500. The zero-order valence-electron chi connectivity index (χ0n) is 12.9. The second-order valence-corrected chi connectivity index (χ2v) is 5.64. The van der Waals surface area contributed by atoms with E-state index in [-0.39, 0.29) is 0 Å². The van der Waals surface area contributed by atoms with Crippen molar-refractivity contribution in [2.45, 2.75) is 32.1 Å². The van der Waals surface area contributed by atoms with Gasteiger partial charge in [-0.3, -0.25) is 9.97 Å². The Labute approximate surface area is 130 Å². The van der Waals surface area contributed by atoms with Crippen LogP contribution in [0.5, 0.6) is 0 Å². The van der Waals surface area contributed by atoms with Gasteiger partial charge >= 0.3 is 0 Å². The molecule has 0 bridgehead atoms. The van der Waals surface area contributed by atoms with Gasteiger partial charge in [-0.1, -0.05) is 0 Å². The highest BCUT2D eigenvalue weighted by Crippen LogP contribution is 2.23. The van der Waals surface area contributed by atoms with E-state index in [0.717, 1.165) is 49.1 Å². The van der Waals surface area contributed by atoms with E-state index in [0.29, 0.717) is 5.92 Å². The zero-order valence-corrected chi connectivity index (χ0v) is 12.9. The van der Waals surface area contributed by atoms with Crippen LogP contribution in [0.2, 0.25) is 0 Å². The fourth-order valence-corrected chi connectivity index (χ4v) is 2.77. The molecule has 0 spiro atoms. The van der Waals surface area contributed by atoms with Crippen LogP contribution in [0, 0.1) is 6.92 Å². The molecule has 1 unspecified atom stereocenters. The SMILES string of the molecule is Cc1nc(NCCc2cnccn2)cc(C2CCCNC2)n1. The van der Waals surface area contributed by atoms with Gasteiger partial charge in [0.1, 0.15) is 11.6 Å².